The maximum Gasteiger partial charge on any atom is 0.241 e. The molecule has 0 amide bonds. The van der Waals surface area contributed by atoms with E-state index in [1.54, 1.807) is 35.7 Å². The number of rotatable bonds is 6. The van der Waals surface area contributed by atoms with E-state index in [1.165, 1.54) is 0 Å². The van der Waals surface area contributed by atoms with Crippen molar-refractivity contribution in [1.29, 1.82) is 0 Å². The zero-order valence-electron chi connectivity index (χ0n) is 15.8. The largest absolute Gasteiger partial charge is 0.317 e. The highest BCUT2D eigenvalue weighted by molar-refractivity contribution is 7.89. The predicted octanol–water partition coefficient (Wildman–Crippen LogP) is 2.49. The van der Waals surface area contributed by atoms with Gasteiger partial charge in [0.25, 0.3) is 0 Å². The Morgan fingerprint density at radius 3 is 2.75 bits per heavy atom. The van der Waals surface area contributed by atoms with Gasteiger partial charge in [-0.2, -0.15) is 5.10 Å². The lowest BCUT2D eigenvalue weighted by Crippen LogP contribution is -2.39. The summed E-state index contributed by atoms with van der Waals surface area (Å²) >= 11 is 0. The Kier molecular flexibility index (Phi) is 5.27. The quantitative estimate of drug-likeness (QED) is 0.686. The number of benzene rings is 1. The maximum absolute atomic E-state index is 13.1. The van der Waals surface area contributed by atoms with Gasteiger partial charge in [-0.1, -0.05) is 6.92 Å². The molecule has 1 aliphatic carbocycles. The van der Waals surface area contributed by atoms with Crippen LogP contribution >= 0.6 is 0 Å². The van der Waals surface area contributed by atoms with E-state index in [9.17, 15) is 8.42 Å². The standard InChI is InChI=1S/C19H24N6O2S/c1-2-15-11-18(25-10-4-9-22-25)7-8-19(15)28(26,27)23-16-5-3-6-17(12-16)24-13-20-21-14-24/h4,7-11,13-14,16-17,23H,2-3,5-6,12H2,1H3/t16-,17+/m0/s1. The topological polar surface area (TPSA) is 94.7 Å². The first-order chi connectivity index (χ1) is 13.6. The zero-order chi connectivity index (χ0) is 19.6. The number of nitrogens with one attached hydrogen (secondary N) is 1. The van der Waals surface area contributed by atoms with Gasteiger partial charge >= 0.3 is 0 Å². The molecule has 3 aromatic rings. The molecule has 1 fully saturated rings. The lowest BCUT2D eigenvalue weighted by molar-refractivity contribution is 0.305. The summed E-state index contributed by atoms with van der Waals surface area (Å²) in [7, 11) is -3.60. The van der Waals surface area contributed by atoms with Gasteiger partial charge in [0.05, 0.1) is 10.6 Å². The second-order valence-corrected chi connectivity index (χ2v) is 8.83. The molecule has 0 aliphatic heterocycles. The third kappa shape index (κ3) is 3.85. The number of hydrogen-bond donors (Lipinski definition) is 1. The molecule has 2 heterocycles. The normalized spacial score (nSPS) is 20.3. The van der Waals surface area contributed by atoms with Gasteiger partial charge < -0.3 is 4.57 Å². The molecule has 1 N–H and O–H groups in total. The lowest BCUT2D eigenvalue weighted by Gasteiger charge is -2.30. The first-order valence-electron chi connectivity index (χ1n) is 9.56. The van der Waals surface area contributed by atoms with Gasteiger partial charge in [-0.15, -0.1) is 10.2 Å². The number of aromatic nitrogens is 5. The Labute approximate surface area is 164 Å². The molecular formula is C19H24N6O2S. The molecule has 4 rings (SSSR count). The van der Waals surface area contributed by atoms with Crippen LogP contribution in [0.3, 0.4) is 0 Å². The fourth-order valence-corrected chi connectivity index (χ4v) is 5.47. The molecule has 1 aromatic carbocycles. The minimum atomic E-state index is -3.60. The van der Waals surface area contributed by atoms with Crippen molar-refractivity contribution in [3.63, 3.8) is 0 Å². The van der Waals surface area contributed by atoms with Gasteiger partial charge in [-0.3, -0.25) is 0 Å². The summed E-state index contributed by atoms with van der Waals surface area (Å²) in [6, 6.07) is 7.33. The first-order valence-corrected chi connectivity index (χ1v) is 11.0. The highest BCUT2D eigenvalue weighted by atomic mass is 32.2. The van der Waals surface area contributed by atoms with Crippen molar-refractivity contribution in [1.82, 2.24) is 29.3 Å². The van der Waals surface area contributed by atoms with Gasteiger partial charge in [-0.25, -0.2) is 17.8 Å². The lowest BCUT2D eigenvalue weighted by atomic mass is 9.91. The maximum atomic E-state index is 13.1. The summed E-state index contributed by atoms with van der Waals surface area (Å²) in [4.78, 5) is 0.345. The number of sulfonamides is 1. The molecule has 9 heteroatoms. The van der Waals surface area contributed by atoms with Crippen LogP contribution in [0.5, 0.6) is 0 Å². The van der Waals surface area contributed by atoms with E-state index in [0.717, 1.165) is 36.9 Å². The highest BCUT2D eigenvalue weighted by Gasteiger charge is 2.28. The smallest absolute Gasteiger partial charge is 0.241 e. The molecule has 1 saturated carbocycles. The number of nitrogens with zero attached hydrogens (tertiary/aromatic N) is 5. The van der Waals surface area contributed by atoms with Crippen molar-refractivity contribution in [2.45, 2.75) is 56.0 Å². The van der Waals surface area contributed by atoms with E-state index in [-0.39, 0.29) is 12.1 Å². The van der Waals surface area contributed by atoms with Crippen molar-refractivity contribution < 1.29 is 8.42 Å². The molecule has 2 aromatic heterocycles. The number of aryl methyl sites for hydroxylation is 1. The second kappa shape index (κ2) is 7.84. The summed E-state index contributed by atoms with van der Waals surface area (Å²) in [5, 5.41) is 11.9. The van der Waals surface area contributed by atoms with Crippen LogP contribution in [0.1, 0.15) is 44.2 Å². The van der Waals surface area contributed by atoms with Gasteiger partial charge in [0, 0.05) is 24.5 Å². The van der Waals surface area contributed by atoms with E-state index in [1.807, 2.05) is 29.8 Å². The molecule has 1 aliphatic rings. The van der Waals surface area contributed by atoms with E-state index < -0.39 is 10.0 Å². The highest BCUT2D eigenvalue weighted by Crippen LogP contribution is 2.29. The van der Waals surface area contributed by atoms with Crippen LogP contribution in [0.4, 0.5) is 0 Å². The average molecular weight is 401 g/mol. The third-order valence-electron chi connectivity index (χ3n) is 5.31. The molecule has 0 radical (unpaired) electrons. The molecule has 0 saturated heterocycles. The summed E-state index contributed by atoms with van der Waals surface area (Å²) in [6.45, 7) is 1.96. The summed E-state index contributed by atoms with van der Waals surface area (Å²) in [5.74, 6) is 0. The Bertz CT molecular complexity index is 1010. The Morgan fingerprint density at radius 2 is 2.04 bits per heavy atom. The third-order valence-corrected chi connectivity index (χ3v) is 6.93. The SMILES string of the molecule is CCc1cc(-n2cccn2)ccc1S(=O)(=O)N[C@H]1CCC[C@@H](n2cnnc2)C1. The molecule has 2 atom stereocenters. The van der Waals surface area contributed by atoms with E-state index >= 15 is 0 Å². The minimum absolute atomic E-state index is 0.0957. The average Bonchev–Trinajstić information content (AvgIpc) is 3.41. The van der Waals surface area contributed by atoms with Crippen LogP contribution in [0, 0.1) is 0 Å². The molecular weight excluding hydrogens is 376 g/mol. The second-order valence-electron chi connectivity index (χ2n) is 7.14. The molecule has 0 bridgehead atoms. The van der Waals surface area contributed by atoms with Crippen LogP contribution in [0.2, 0.25) is 0 Å². The Morgan fingerprint density at radius 1 is 1.21 bits per heavy atom. The van der Waals surface area contributed by atoms with Crippen LogP contribution in [0.25, 0.3) is 5.69 Å². The summed E-state index contributed by atoms with van der Waals surface area (Å²) in [5.41, 5.74) is 1.64. The van der Waals surface area contributed by atoms with Crippen molar-refractivity contribution in [3.05, 3.63) is 54.9 Å². The summed E-state index contributed by atoms with van der Waals surface area (Å²) < 4.78 is 32.8. The summed E-state index contributed by atoms with van der Waals surface area (Å²) in [6.07, 6.45) is 11.1. The Hall–Kier alpha value is -2.52. The van der Waals surface area contributed by atoms with Gasteiger partial charge in [0.15, 0.2) is 0 Å². The van der Waals surface area contributed by atoms with Crippen molar-refractivity contribution in [2.24, 2.45) is 0 Å². The molecule has 8 nitrogen and oxygen atoms in total. The molecule has 148 valence electrons. The van der Waals surface area contributed by atoms with E-state index in [2.05, 4.69) is 20.0 Å². The first kappa shape index (κ1) is 18.8. The fourth-order valence-electron chi connectivity index (χ4n) is 3.89. The van der Waals surface area contributed by atoms with Gasteiger partial charge in [-0.05, 0) is 61.9 Å². The molecule has 0 spiro atoms. The monoisotopic (exact) mass is 400 g/mol. The van der Waals surface area contributed by atoms with Gasteiger partial charge in [0.1, 0.15) is 12.7 Å². The van der Waals surface area contributed by atoms with E-state index in [0.29, 0.717) is 11.3 Å². The van der Waals surface area contributed by atoms with Crippen LogP contribution in [0.15, 0.2) is 54.2 Å². The predicted molar refractivity (Wildman–Crippen MR) is 105 cm³/mol. The fraction of sp³-hybridized carbons (Fsp3) is 0.421. The zero-order valence-corrected chi connectivity index (χ0v) is 16.6. The number of hydrogen-bond acceptors (Lipinski definition) is 5. The minimum Gasteiger partial charge on any atom is -0.317 e. The van der Waals surface area contributed by atoms with Crippen LogP contribution < -0.4 is 4.72 Å². The van der Waals surface area contributed by atoms with Crippen LogP contribution in [-0.4, -0.2) is 39.0 Å². The molecule has 0 unspecified atom stereocenters. The van der Waals surface area contributed by atoms with Crippen molar-refractivity contribution in [2.75, 3.05) is 0 Å². The van der Waals surface area contributed by atoms with Crippen LogP contribution in [-0.2, 0) is 16.4 Å². The Balaban J connectivity index is 1.54. The van der Waals surface area contributed by atoms with Gasteiger partial charge in [0.2, 0.25) is 10.0 Å². The van der Waals surface area contributed by atoms with Crippen molar-refractivity contribution in [3.8, 4) is 5.69 Å². The van der Waals surface area contributed by atoms with E-state index in [4.69, 9.17) is 0 Å². The van der Waals surface area contributed by atoms with Crippen molar-refractivity contribution >= 4 is 10.0 Å². The molecule has 28 heavy (non-hydrogen) atoms.